The molecule has 25 heavy (non-hydrogen) atoms. The van der Waals surface area contributed by atoms with Gasteiger partial charge < -0.3 is 15.2 Å². The zero-order valence-corrected chi connectivity index (χ0v) is 16.4. The Morgan fingerprint density at radius 2 is 2.12 bits per heavy atom. The maximum Gasteiger partial charge on any atom is 0.268 e. The standard InChI is InChI=1S/C20H26BrN3O/c1-13-16-11-15(21)7-8-17(16)23-19(13)20(25)22-12-14-5-4-10-24-9-3-2-6-18(14)24/h7-8,11,14,18,23H,2-6,9-10,12H2,1H3,(H,22,25)/t14?,18-/m1/s1. The van der Waals surface area contributed by atoms with Crippen molar-refractivity contribution in [3.63, 3.8) is 0 Å². The van der Waals surface area contributed by atoms with Crippen molar-refractivity contribution in [2.75, 3.05) is 19.6 Å². The van der Waals surface area contributed by atoms with Crippen LogP contribution < -0.4 is 5.32 Å². The van der Waals surface area contributed by atoms with E-state index in [1.54, 1.807) is 0 Å². The Balaban J connectivity index is 1.46. The van der Waals surface area contributed by atoms with Crippen LogP contribution >= 0.6 is 15.9 Å². The number of aromatic nitrogens is 1. The van der Waals surface area contributed by atoms with Gasteiger partial charge in [-0.25, -0.2) is 0 Å². The van der Waals surface area contributed by atoms with Crippen molar-refractivity contribution in [2.45, 2.75) is 45.1 Å². The molecule has 0 radical (unpaired) electrons. The van der Waals surface area contributed by atoms with Crippen molar-refractivity contribution in [1.29, 1.82) is 0 Å². The first-order valence-electron chi connectivity index (χ1n) is 9.43. The molecule has 1 aromatic carbocycles. The van der Waals surface area contributed by atoms with E-state index in [9.17, 15) is 4.79 Å². The Morgan fingerprint density at radius 3 is 3.00 bits per heavy atom. The van der Waals surface area contributed by atoms with Crippen LogP contribution in [0.4, 0.5) is 0 Å². The summed E-state index contributed by atoms with van der Waals surface area (Å²) in [4.78, 5) is 18.7. The van der Waals surface area contributed by atoms with Crippen LogP contribution in [0.2, 0.25) is 0 Å². The van der Waals surface area contributed by atoms with E-state index in [0.717, 1.165) is 27.5 Å². The number of benzene rings is 1. The maximum absolute atomic E-state index is 12.8. The second kappa shape index (κ2) is 7.12. The molecule has 2 fully saturated rings. The zero-order valence-electron chi connectivity index (χ0n) is 14.8. The van der Waals surface area contributed by atoms with E-state index in [-0.39, 0.29) is 5.91 Å². The highest BCUT2D eigenvalue weighted by atomic mass is 79.9. The third-order valence-corrected chi connectivity index (χ3v) is 6.49. The van der Waals surface area contributed by atoms with Gasteiger partial charge in [0.05, 0.1) is 0 Å². The van der Waals surface area contributed by atoms with Crippen LogP contribution in [0.3, 0.4) is 0 Å². The largest absolute Gasteiger partial charge is 0.350 e. The smallest absolute Gasteiger partial charge is 0.268 e. The van der Waals surface area contributed by atoms with Gasteiger partial charge in [0, 0.05) is 28.0 Å². The first-order chi connectivity index (χ1) is 12.1. The average molecular weight is 404 g/mol. The van der Waals surface area contributed by atoms with Crippen molar-refractivity contribution >= 4 is 32.7 Å². The van der Waals surface area contributed by atoms with E-state index in [4.69, 9.17) is 0 Å². The number of aromatic amines is 1. The number of nitrogens with zero attached hydrogens (tertiary/aromatic N) is 1. The molecule has 0 spiro atoms. The molecule has 2 aliphatic rings. The zero-order chi connectivity index (χ0) is 17.4. The first kappa shape index (κ1) is 17.1. The highest BCUT2D eigenvalue weighted by Crippen LogP contribution is 2.30. The molecule has 2 atom stereocenters. The van der Waals surface area contributed by atoms with Crippen LogP contribution in [0.5, 0.6) is 0 Å². The molecule has 5 heteroatoms. The molecular weight excluding hydrogens is 378 g/mol. The fourth-order valence-electron chi connectivity index (χ4n) is 4.65. The lowest BCUT2D eigenvalue weighted by Gasteiger charge is -2.44. The van der Waals surface area contributed by atoms with Gasteiger partial charge in [-0.1, -0.05) is 22.4 Å². The molecule has 1 unspecified atom stereocenters. The Bertz CT molecular complexity index is 783. The molecule has 2 N–H and O–H groups in total. The van der Waals surface area contributed by atoms with Crippen molar-refractivity contribution in [2.24, 2.45) is 5.92 Å². The number of carbonyl (C=O) groups is 1. The fourth-order valence-corrected chi connectivity index (χ4v) is 5.01. The van der Waals surface area contributed by atoms with Gasteiger partial charge in [-0.05, 0) is 75.4 Å². The molecule has 134 valence electrons. The molecular formula is C20H26BrN3O. The van der Waals surface area contributed by atoms with Gasteiger partial charge in [-0.3, -0.25) is 4.79 Å². The SMILES string of the molecule is Cc1c(C(=O)NCC2CCCN3CCCC[C@H]23)[nH]c2ccc(Br)cc12. The molecule has 2 aliphatic heterocycles. The van der Waals surface area contributed by atoms with Crippen LogP contribution in [-0.2, 0) is 0 Å². The summed E-state index contributed by atoms with van der Waals surface area (Å²) in [6, 6.07) is 6.76. The van der Waals surface area contributed by atoms with Crippen LogP contribution in [0.1, 0.15) is 48.2 Å². The number of piperidine rings is 2. The fraction of sp³-hybridized carbons (Fsp3) is 0.550. The van der Waals surface area contributed by atoms with E-state index < -0.39 is 0 Å². The van der Waals surface area contributed by atoms with Crippen LogP contribution in [0.15, 0.2) is 22.7 Å². The molecule has 1 amide bonds. The van der Waals surface area contributed by atoms with E-state index in [1.807, 2.05) is 19.1 Å². The molecule has 3 heterocycles. The second-order valence-corrected chi connectivity index (χ2v) is 8.44. The van der Waals surface area contributed by atoms with E-state index in [1.165, 1.54) is 45.2 Å². The third kappa shape index (κ3) is 3.36. The van der Waals surface area contributed by atoms with Crippen LogP contribution in [0, 0.1) is 12.8 Å². The first-order valence-corrected chi connectivity index (χ1v) is 10.2. The number of nitrogens with one attached hydrogen (secondary N) is 2. The topological polar surface area (TPSA) is 48.1 Å². The summed E-state index contributed by atoms with van der Waals surface area (Å²) in [5, 5.41) is 4.32. The predicted octanol–water partition coefficient (Wildman–Crippen LogP) is 4.23. The third-order valence-electron chi connectivity index (χ3n) is 6.00. The van der Waals surface area contributed by atoms with Gasteiger partial charge in [0.25, 0.3) is 5.91 Å². The Hall–Kier alpha value is -1.33. The lowest BCUT2D eigenvalue weighted by molar-refractivity contribution is 0.0575. The molecule has 2 aromatic rings. The van der Waals surface area contributed by atoms with Gasteiger partial charge in [0.2, 0.25) is 0 Å². The summed E-state index contributed by atoms with van der Waals surface area (Å²) >= 11 is 3.51. The number of rotatable bonds is 3. The highest BCUT2D eigenvalue weighted by molar-refractivity contribution is 9.10. The monoisotopic (exact) mass is 403 g/mol. The number of hydrogen-bond acceptors (Lipinski definition) is 2. The molecule has 0 aliphatic carbocycles. The lowest BCUT2D eigenvalue weighted by Crippen LogP contribution is -2.51. The number of hydrogen-bond donors (Lipinski definition) is 2. The van der Waals surface area contributed by atoms with Crippen molar-refractivity contribution in [3.05, 3.63) is 33.9 Å². The minimum Gasteiger partial charge on any atom is -0.350 e. The number of halogens is 1. The molecule has 1 aromatic heterocycles. The number of aryl methyl sites for hydroxylation is 1. The van der Waals surface area contributed by atoms with Gasteiger partial charge in [0.1, 0.15) is 5.69 Å². The van der Waals surface area contributed by atoms with Gasteiger partial charge in [-0.15, -0.1) is 0 Å². The van der Waals surface area contributed by atoms with Gasteiger partial charge >= 0.3 is 0 Å². The Labute approximate surface area is 157 Å². The summed E-state index contributed by atoms with van der Waals surface area (Å²) in [5.74, 6) is 0.620. The van der Waals surface area contributed by atoms with Crippen molar-refractivity contribution in [3.8, 4) is 0 Å². The van der Waals surface area contributed by atoms with Crippen LogP contribution in [-0.4, -0.2) is 41.5 Å². The van der Waals surface area contributed by atoms with E-state index >= 15 is 0 Å². The summed E-state index contributed by atoms with van der Waals surface area (Å²) in [7, 11) is 0. The number of fused-ring (bicyclic) bond motifs is 2. The van der Waals surface area contributed by atoms with E-state index in [2.05, 4.69) is 37.2 Å². The number of carbonyl (C=O) groups excluding carboxylic acids is 1. The van der Waals surface area contributed by atoms with E-state index in [0.29, 0.717) is 17.7 Å². The Morgan fingerprint density at radius 1 is 1.28 bits per heavy atom. The average Bonchev–Trinajstić information content (AvgIpc) is 2.96. The molecule has 2 saturated heterocycles. The second-order valence-electron chi connectivity index (χ2n) is 7.53. The highest BCUT2D eigenvalue weighted by Gasteiger charge is 2.33. The lowest BCUT2D eigenvalue weighted by atomic mass is 9.83. The van der Waals surface area contributed by atoms with Gasteiger partial charge in [-0.2, -0.15) is 0 Å². The van der Waals surface area contributed by atoms with Crippen LogP contribution in [0.25, 0.3) is 10.9 Å². The molecule has 0 bridgehead atoms. The quantitative estimate of drug-likeness (QED) is 0.804. The summed E-state index contributed by atoms with van der Waals surface area (Å²) < 4.78 is 1.04. The minimum absolute atomic E-state index is 0.0257. The molecule has 4 rings (SSSR count). The van der Waals surface area contributed by atoms with Crippen molar-refractivity contribution in [1.82, 2.24) is 15.2 Å². The summed E-state index contributed by atoms with van der Waals surface area (Å²) in [6.45, 7) is 5.29. The maximum atomic E-state index is 12.8. The predicted molar refractivity (Wildman–Crippen MR) is 105 cm³/mol. The number of H-pyrrole nitrogens is 1. The molecule has 4 nitrogen and oxygen atoms in total. The molecule has 0 saturated carbocycles. The summed E-state index contributed by atoms with van der Waals surface area (Å²) in [6.07, 6.45) is 6.46. The minimum atomic E-state index is 0.0257. The van der Waals surface area contributed by atoms with Gasteiger partial charge in [0.15, 0.2) is 0 Å². The Kier molecular flexibility index (Phi) is 4.87. The van der Waals surface area contributed by atoms with Crippen molar-refractivity contribution < 1.29 is 4.79 Å². The normalized spacial score (nSPS) is 24.2. The number of amides is 1. The summed E-state index contributed by atoms with van der Waals surface area (Å²) in [5.41, 5.74) is 2.74.